The van der Waals surface area contributed by atoms with Crippen LogP contribution in [0, 0.1) is 16.7 Å². The van der Waals surface area contributed by atoms with E-state index in [4.69, 9.17) is 0 Å². The Bertz CT molecular complexity index is 334. The van der Waals surface area contributed by atoms with Gasteiger partial charge in [-0.25, -0.2) is 0 Å². The summed E-state index contributed by atoms with van der Waals surface area (Å²) in [6.45, 7) is 8.16. The molecule has 1 saturated carbocycles. The molecule has 0 aromatic heterocycles. The van der Waals surface area contributed by atoms with Gasteiger partial charge in [0.1, 0.15) is 0 Å². The van der Waals surface area contributed by atoms with Crippen molar-refractivity contribution in [2.24, 2.45) is 16.7 Å². The van der Waals surface area contributed by atoms with E-state index in [1.165, 1.54) is 6.42 Å². The predicted molar refractivity (Wildman–Crippen MR) is 70.2 cm³/mol. The van der Waals surface area contributed by atoms with E-state index in [1.807, 2.05) is 13.8 Å². The van der Waals surface area contributed by atoms with Crippen molar-refractivity contribution in [2.45, 2.75) is 53.4 Å². The molecule has 2 N–H and O–H groups in total. The molecule has 0 spiro atoms. The van der Waals surface area contributed by atoms with Crippen LogP contribution in [-0.4, -0.2) is 23.5 Å². The third-order valence-corrected chi connectivity index (χ3v) is 4.56. The summed E-state index contributed by atoms with van der Waals surface area (Å²) in [6, 6.07) is 0. The maximum atomic E-state index is 11.9. The molecule has 1 aliphatic rings. The maximum absolute atomic E-state index is 11.9. The van der Waals surface area contributed by atoms with Gasteiger partial charge in [-0.3, -0.25) is 9.59 Å². The van der Waals surface area contributed by atoms with Crippen LogP contribution in [0.5, 0.6) is 0 Å². The summed E-state index contributed by atoms with van der Waals surface area (Å²) in [7, 11) is 0. The van der Waals surface area contributed by atoms with Crippen molar-refractivity contribution in [2.75, 3.05) is 6.54 Å². The highest BCUT2D eigenvalue weighted by Crippen LogP contribution is 2.39. The lowest BCUT2D eigenvalue weighted by Crippen LogP contribution is -2.43. The molecule has 0 heterocycles. The van der Waals surface area contributed by atoms with Crippen LogP contribution in [0.25, 0.3) is 0 Å². The molecule has 0 bridgehead atoms. The monoisotopic (exact) mass is 255 g/mol. The van der Waals surface area contributed by atoms with E-state index >= 15 is 0 Å². The van der Waals surface area contributed by atoms with Crippen LogP contribution in [0.4, 0.5) is 0 Å². The number of aliphatic carboxylic acids is 1. The topological polar surface area (TPSA) is 66.4 Å². The molecule has 0 aliphatic heterocycles. The summed E-state index contributed by atoms with van der Waals surface area (Å²) in [5.74, 6) is -1.12. The molecule has 1 fully saturated rings. The maximum Gasteiger partial charge on any atom is 0.310 e. The third-order valence-electron chi connectivity index (χ3n) is 4.56. The van der Waals surface area contributed by atoms with Gasteiger partial charge < -0.3 is 10.4 Å². The van der Waals surface area contributed by atoms with Crippen molar-refractivity contribution in [3.05, 3.63) is 0 Å². The van der Waals surface area contributed by atoms with Crippen LogP contribution < -0.4 is 5.32 Å². The first-order chi connectivity index (χ1) is 8.19. The first-order valence-electron chi connectivity index (χ1n) is 6.70. The lowest BCUT2D eigenvalue weighted by molar-refractivity contribution is -0.153. The molecule has 0 saturated heterocycles. The fourth-order valence-corrected chi connectivity index (χ4v) is 2.19. The number of nitrogens with one attached hydrogen (secondary N) is 1. The van der Waals surface area contributed by atoms with Gasteiger partial charge in [-0.15, -0.1) is 0 Å². The van der Waals surface area contributed by atoms with E-state index in [1.54, 1.807) is 6.92 Å². The van der Waals surface area contributed by atoms with Crippen LogP contribution in [0.3, 0.4) is 0 Å². The third kappa shape index (κ3) is 3.24. The summed E-state index contributed by atoms with van der Waals surface area (Å²) in [6.07, 6.45) is 3.57. The minimum absolute atomic E-state index is 0.0517. The van der Waals surface area contributed by atoms with Crippen molar-refractivity contribution in [1.82, 2.24) is 5.32 Å². The first-order valence-corrected chi connectivity index (χ1v) is 6.70. The van der Waals surface area contributed by atoms with E-state index in [9.17, 15) is 14.7 Å². The normalized spacial score (nSPS) is 20.9. The van der Waals surface area contributed by atoms with Crippen molar-refractivity contribution >= 4 is 11.9 Å². The molecule has 0 aromatic carbocycles. The number of hydrogen-bond donors (Lipinski definition) is 2. The van der Waals surface area contributed by atoms with E-state index in [0.717, 1.165) is 12.8 Å². The molecule has 18 heavy (non-hydrogen) atoms. The summed E-state index contributed by atoms with van der Waals surface area (Å²) >= 11 is 0. The number of rotatable bonds is 6. The van der Waals surface area contributed by atoms with Gasteiger partial charge in [-0.1, -0.05) is 27.2 Å². The second kappa shape index (κ2) is 5.29. The number of carboxylic acid groups (broad SMARTS) is 1. The Kier molecular flexibility index (Phi) is 4.41. The zero-order valence-corrected chi connectivity index (χ0v) is 11.9. The molecule has 104 valence electrons. The summed E-state index contributed by atoms with van der Waals surface area (Å²) in [4.78, 5) is 23.2. The first kappa shape index (κ1) is 15.0. The molecule has 1 unspecified atom stereocenters. The predicted octanol–water partition coefficient (Wildman–Crippen LogP) is 2.43. The highest BCUT2D eigenvalue weighted by molar-refractivity contribution is 5.84. The molecule has 1 atom stereocenters. The van der Waals surface area contributed by atoms with E-state index < -0.39 is 11.4 Å². The van der Waals surface area contributed by atoms with Gasteiger partial charge in [0.15, 0.2) is 0 Å². The van der Waals surface area contributed by atoms with Crippen LogP contribution in [0.2, 0.25) is 0 Å². The average Bonchev–Trinajstić information content (AvgIpc) is 2.23. The lowest BCUT2D eigenvalue weighted by Gasteiger charge is -2.38. The van der Waals surface area contributed by atoms with E-state index in [2.05, 4.69) is 12.2 Å². The fourth-order valence-electron chi connectivity index (χ4n) is 2.19. The summed E-state index contributed by atoms with van der Waals surface area (Å²) in [5, 5.41) is 12.1. The minimum atomic E-state index is -0.982. The number of carboxylic acids is 1. The molecule has 4 nitrogen and oxygen atoms in total. The molecule has 0 radical (unpaired) electrons. The van der Waals surface area contributed by atoms with E-state index in [-0.39, 0.29) is 23.7 Å². The smallest absolute Gasteiger partial charge is 0.310 e. The van der Waals surface area contributed by atoms with Gasteiger partial charge in [0.2, 0.25) is 5.91 Å². The molecule has 4 heteroatoms. The zero-order chi connectivity index (χ0) is 14.0. The fraction of sp³-hybridized carbons (Fsp3) is 0.857. The summed E-state index contributed by atoms with van der Waals surface area (Å²) in [5.41, 5.74) is -0.752. The molecular formula is C14H25NO3. The van der Waals surface area contributed by atoms with Crippen molar-refractivity contribution in [1.29, 1.82) is 0 Å². The average molecular weight is 255 g/mol. The SMILES string of the molecule is CC(C)C(C)(CC(=O)NCC1(C)CCC1)C(=O)O. The lowest BCUT2D eigenvalue weighted by atomic mass is 9.70. The quantitative estimate of drug-likeness (QED) is 0.766. The second-order valence-corrected chi connectivity index (χ2v) is 6.50. The standard InChI is InChI=1S/C14H25NO3/c1-10(2)14(4,12(17)18)8-11(16)15-9-13(3)6-5-7-13/h10H,5-9H2,1-4H3,(H,15,16)(H,17,18). The van der Waals surface area contributed by atoms with Gasteiger partial charge in [0, 0.05) is 13.0 Å². The Morgan fingerprint density at radius 1 is 1.39 bits per heavy atom. The van der Waals surface area contributed by atoms with Crippen LogP contribution in [-0.2, 0) is 9.59 Å². The Morgan fingerprint density at radius 2 is 1.94 bits per heavy atom. The largest absolute Gasteiger partial charge is 0.481 e. The summed E-state index contributed by atoms with van der Waals surface area (Å²) < 4.78 is 0. The zero-order valence-electron chi connectivity index (χ0n) is 11.9. The number of carbonyl (C=O) groups excluding carboxylic acids is 1. The molecule has 1 rings (SSSR count). The van der Waals surface area contributed by atoms with Crippen molar-refractivity contribution in [3.8, 4) is 0 Å². The van der Waals surface area contributed by atoms with Crippen LogP contribution >= 0.6 is 0 Å². The minimum Gasteiger partial charge on any atom is -0.481 e. The Hall–Kier alpha value is -1.06. The Labute approximate surface area is 109 Å². The van der Waals surface area contributed by atoms with Crippen LogP contribution in [0.15, 0.2) is 0 Å². The number of carbonyl (C=O) groups is 2. The Balaban J connectivity index is 2.49. The molecular weight excluding hydrogens is 230 g/mol. The van der Waals surface area contributed by atoms with Crippen LogP contribution in [0.1, 0.15) is 53.4 Å². The highest BCUT2D eigenvalue weighted by Gasteiger charge is 2.39. The number of hydrogen-bond acceptors (Lipinski definition) is 2. The number of amides is 1. The van der Waals surface area contributed by atoms with Crippen molar-refractivity contribution in [3.63, 3.8) is 0 Å². The Morgan fingerprint density at radius 3 is 2.28 bits per heavy atom. The van der Waals surface area contributed by atoms with Gasteiger partial charge >= 0.3 is 5.97 Å². The van der Waals surface area contributed by atoms with Gasteiger partial charge in [0.05, 0.1) is 5.41 Å². The highest BCUT2D eigenvalue weighted by atomic mass is 16.4. The second-order valence-electron chi connectivity index (χ2n) is 6.50. The molecule has 1 amide bonds. The van der Waals surface area contributed by atoms with Gasteiger partial charge in [-0.05, 0) is 31.1 Å². The molecule has 1 aliphatic carbocycles. The van der Waals surface area contributed by atoms with Gasteiger partial charge in [-0.2, -0.15) is 0 Å². The van der Waals surface area contributed by atoms with E-state index in [0.29, 0.717) is 6.54 Å². The molecule has 0 aromatic rings. The van der Waals surface area contributed by atoms with Crippen molar-refractivity contribution < 1.29 is 14.7 Å². The van der Waals surface area contributed by atoms with Gasteiger partial charge in [0.25, 0.3) is 0 Å².